The van der Waals surface area contributed by atoms with Crippen LogP contribution in [0.5, 0.6) is 0 Å². The summed E-state index contributed by atoms with van der Waals surface area (Å²) in [6.07, 6.45) is 1.64. The van der Waals surface area contributed by atoms with Gasteiger partial charge in [0.05, 0.1) is 0 Å². The van der Waals surface area contributed by atoms with Crippen molar-refractivity contribution >= 4 is 17.8 Å². The summed E-state index contributed by atoms with van der Waals surface area (Å²) in [6.45, 7) is 0. The van der Waals surface area contributed by atoms with Gasteiger partial charge >= 0.3 is 5.97 Å². The summed E-state index contributed by atoms with van der Waals surface area (Å²) in [5.74, 6) is -1.76. The molecule has 0 atom stereocenters. The van der Waals surface area contributed by atoms with Crippen LogP contribution >= 0.6 is 0 Å². The van der Waals surface area contributed by atoms with Gasteiger partial charge in [0.2, 0.25) is 11.8 Å². The second-order valence-electron chi connectivity index (χ2n) is 3.74. The van der Waals surface area contributed by atoms with E-state index in [4.69, 9.17) is 10.8 Å². The Balaban J connectivity index is 2.10. The Morgan fingerprint density at radius 1 is 1.50 bits per heavy atom. The van der Waals surface area contributed by atoms with Gasteiger partial charge in [-0.05, 0) is 19.3 Å². The Bertz CT molecular complexity index is 437. The summed E-state index contributed by atoms with van der Waals surface area (Å²) in [5, 5.41) is 17.2. The average molecular weight is 225 g/mol. The fourth-order valence-electron chi connectivity index (χ4n) is 1.58. The molecule has 1 amide bonds. The SMILES string of the molecule is Nc1n[nH]c(C(=O)NC2(C(=O)O)CCC2)n1. The Hall–Kier alpha value is -2.12. The average Bonchev–Trinajstić information content (AvgIpc) is 2.57. The number of H-pyrrole nitrogens is 1. The van der Waals surface area contributed by atoms with E-state index in [1.165, 1.54) is 0 Å². The molecule has 2 rings (SSSR count). The van der Waals surface area contributed by atoms with Crippen molar-refractivity contribution in [1.29, 1.82) is 0 Å². The van der Waals surface area contributed by atoms with Crippen molar-refractivity contribution in [2.24, 2.45) is 0 Å². The number of rotatable bonds is 3. The second kappa shape index (κ2) is 3.47. The number of carboxylic acids is 1. The van der Waals surface area contributed by atoms with Gasteiger partial charge in [-0.3, -0.25) is 9.89 Å². The van der Waals surface area contributed by atoms with Crippen LogP contribution in [0.15, 0.2) is 0 Å². The van der Waals surface area contributed by atoms with Gasteiger partial charge in [-0.15, -0.1) is 5.10 Å². The van der Waals surface area contributed by atoms with Gasteiger partial charge in [0.15, 0.2) is 0 Å². The number of aromatic nitrogens is 3. The van der Waals surface area contributed by atoms with Crippen molar-refractivity contribution in [2.75, 3.05) is 5.73 Å². The Kier molecular flexibility index (Phi) is 2.26. The molecule has 1 aliphatic carbocycles. The standard InChI is InChI=1S/C8H11N5O3/c9-7-10-4(12-13-7)5(14)11-8(6(15)16)2-1-3-8/h1-3H2,(H,11,14)(H,15,16)(H3,9,10,12,13). The normalized spacial score (nSPS) is 17.5. The van der Waals surface area contributed by atoms with Crippen molar-refractivity contribution in [3.05, 3.63) is 5.82 Å². The quantitative estimate of drug-likeness (QED) is 0.528. The van der Waals surface area contributed by atoms with Gasteiger partial charge in [0, 0.05) is 0 Å². The monoisotopic (exact) mass is 225 g/mol. The molecule has 0 aliphatic heterocycles. The van der Waals surface area contributed by atoms with Crippen LogP contribution in [0.25, 0.3) is 0 Å². The minimum absolute atomic E-state index is 0.0527. The summed E-state index contributed by atoms with van der Waals surface area (Å²) in [4.78, 5) is 26.2. The van der Waals surface area contributed by atoms with Crippen molar-refractivity contribution in [2.45, 2.75) is 24.8 Å². The highest BCUT2D eigenvalue weighted by Gasteiger charge is 2.46. The molecule has 8 heteroatoms. The van der Waals surface area contributed by atoms with Crippen LogP contribution in [0.3, 0.4) is 0 Å². The molecular formula is C8H11N5O3. The number of hydrogen-bond acceptors (Lipinski definition) is 5. The number of nitrogens with zero attached hydrogens (tertiary/aromatic N) is 2. The molecule has 1 aromatic heterocycles. The molecule has 0 aromatic carbocycles. The largest absolute Gasteiger partial charge is 0.480 e. The zero-order valence-electron chi connectivity index (χ0n) is 8.36. The first kappa shape index (κ1) is 10.4. The maximum atomic E-state index is 11.6. The van der Waals surface area contributed by atoms with E-state index in [0.717, 1.165) is 6.42 Å². The molecule has 1 aromatic rings. The minimum Gasteiger partial charge on any atom is -0.480 e. The zero-order chi connectivity index (χ0) is 11.8. The van der Waals surface area contributed by atoms with Crippen molar-refractivity contribution < 1.29 is 14.7 Å². The first-order valence-electron chi connectivity index (χ1n) is 4.77. The van der Waals surface area contributed by atoms with Crippen molar-refractivity contribution in [3.63, 3.8) is 0 Å². The predicted molar refractivity (Wildman–Crippen MR) is 52.5 cm³/mol. The topological polar surface area (TPSA) is 134 Å². The number of nitrogens with one attached hydrogen (secondary N) is 2. The fourth-order valence-corrected chi connectivity index (χ4v) is 1.58. The van der Waals surface area contributed by atoms with Crippen LogP contribution < -0.4 is 11.1 Å². The fraction of sp³-hybridized carbons (Fsp3) is 0.500. The number of carbonyl (C=O) groups excluding carboxylic acids is 1. The van der Waals surface area contributed by atoms with E-state index >= 15 is 0 Å². The molecule has 1 fully saturated rings. The lowest BCUT2D eigenvalue weighted by atomic mass is 9.77. The molecule has 0 unspecified atom stereocenters. The summed E-state index contributed by atoms with van der Waals surface area (Å²) < 4.78 is 0. The number of carboxylic acid groups (broad SMARTS) is 1. The van der Waals surface area contributed by atoms with E-state index in [1.54, 1.807) is 0 Å². The van der Waals surface area contributed by atoms with Crippen molar-refractivity contribution in [3.8, 4) is 0 Å². The van der Waals surface area contributed by atoms with Gasteiger partial charge in [0.1, 0.15) is 5.54 Å². The summed E-state index contributed by atoms with van der Waals surface area (Å²) in [7, 11) is 0. The molecule has 0 spiro atoms. The van der Waals surface area contributed by atoms with E-state index in [9.17, 15) is 9.59 Å². The number of anilines is 1. The van der Waals surface area contributed by atoms with Crippen LogP contribution in [0.1, 0.15) is 29.9 Å². The van der Waals surface area contributed by atoms with Crippen molar-refractivity contribution in [1.82, 2.24) is 20.5 Å². The van der Waals surface area contributed by atoms with Gasteiger partial charge in [-0.2, -0.15) is 4.98 Å². The number of aliphatic carboxylic acids is 1. The van der Waals surface area contributed by atoms with Gasteiger partial charge < -0.3 is 16.2 Å². The molecule has 5 N–H and O–H groups in total. The molecule has 0 saturated heterocycles. The Labute approximate surface area is 90.2 Å². The van der Waals surface area contributed by atoms with E-state index < -0.39 is 17.4 Å². The molecule has 0 bridgehead atoms. The zero-order valence-corrected chi connectivity index (χ0v) is 8.36. The van der Waals surface area contributed by atoms with E-state index in [0.29, 0.717) is 12.8 Å². The number of amides is 1. The van der Waals surface area contributed by atoms with Gasteiger partial charge in [-0.1, -0.05) is 0 Å². The number of carbonyl (C=O) groups is 2. The maximum Gasteiger partial charge on any atom is 0.329 e. The molecule has 8 nitrogen and oxygen atoms in total. The maximum absolute atomic E-state index is 11.6. The molecular weight excluding hydrogens is 214 g/mol. The highest BCUT2D eigenvalue weighted by Crippen LogP contribution is 2.32. The first-order valence-corrected chi connectivity index (χ1v) is 4.77. The van der Waals surface area contributed by atoms with E-state index in [2.05, 4.69) is 20.5 Å². The van der Waals surface area contributed by atoms with Crippen LogP contribution in [-0.2, 0) is 4.79 Å². The molecule has 1 saturated carbocycles. The number of aromatic amines is 1. The van der Waals surface area contributed by atoms with E-state index in [-0.39, 0.29) is 11.8 Å². The van der Waals surface area contributed by atoms with Crippen LogP contribution in [-0.4, -0.2) is 37.7 Å². The van der Waals surface area contributed by atoms with Crippen LogP contribution in [0.2, 0.25) is 0 Å². The summed E-state index contributed by atoms with van der Waals surface area (Å²) in [6, 6.07) is 0. The van der Waals surface area contributed by atoms with Crippen LogP contribution in [0, 0.1) is 0 Å². The highest BCUT2D eigenvalue weighted by molar-refractivity contribution is 5.95. The lowest BCUT2D eigenvalue weighted by Crippen LogP contribution is -2.59. The third-order valence-corrected chi connectivity index (χ3v) is 2.69. The number of nitrogen functional groups attached to an aromatic ring is 1. The van der Waals surface area contributed by atoms with Gasteiger partial charge in [-0.25, -0.2) is 4.79 Å². The summed E-state index contributed by atoms with van der Waals surface area (Å²) >= 11 is 0. The molecule has 86 valence electrons. The Morgan fingerprint density at radius 3 is 2.56 bits per heavy atom. The molecule has 0 radical (unpaired) electrons. The highest BCUT2D eigenvalue weighted by atomic mass is 16.4. The smallest absolute Gasteiger partial charge is 0.329 e. The Morgan fingerprint density at radius 2 is 2.19 bits per heavy atom. The number of nitrogens with two attached hydrogens (primary N) is 1. The summed E-state index contributed by atoms with van der Waals surface area (Å²) in [5.41, 5.74) is 4.08. The van der Waals surface area contributed by atoms with Crippen LogP contribution in [0.4, 0.5) is 5.95 Å². The second-order valence-corrected chi connectivity index (χ2v) is 3.74. The third-order valence-electron chi connectivity index (χ3n) is 2.69. The number of hydrogen-bond donors (Lipinski definition) is 4. The predicted octanol–water partition coefficient (Wildman–Crippen LogP) is -0.876. The first-order chi connectivity index (χ1) is 7.53. The molecule has 1 aliphatic rings. The lowest BCUT2D eigenvalue weighted by Gasteiger charge is -2.37. The van der Waals surface area contributed by atoms with Gasteiger partial charge in [0.25, 0.3) is 5.91 Å². The minimum atomic E-state index is -1.15. The third kappa shape index (κ3) is 1.58. The molecule has 1 heterocycles. The van der Waals surface area contributed by atoms with E-state index in [1.807, 2.05) is 0 Å². The lowest BCUT2D eigenvalue weighted by molar-refractivity contribution is -0.148. The molecule has 16 heavy (non-hydrogen) atoms.